The molecule has 1 aromatic heterocycles. The van der Waals surface area contributed by atoms with Crippen LogP contribution in [0.1, 0.15) is 10.5 Å². The molecule has 1 aromatic carbocycles. The summed E-state index contributed by atoms with van der Waals surface area (Å²) in [4.78, 5) is 26.7. The minimum Gasteiger partial charge on any atom is -0.476 e. The van der Waals surface area contributed by atoms with E-state index in [0.717, 1.165) is 5.69 Å². The van der Waals surface area contributed by atoms with Gasteiger partial charge in [-0.05, 0) is 18.2 Å². The summed E-state index contributed by atoms with van der Waals surface area (Å²) in [5.74, 6) is -1.76. The molecule has 1 amide bonds. The Kier molecular flexibility index (Phi) is 4.84. The maximum atomic E-state index is 13.1. The highest BCUT2D eigenvalue weighted by Crippen LogP contribution is 2.27. The van der Waals surface area contributed by atoms with Gasteiger partial charge in [0.05, 0.1) is 16.9 Å². The van der Waals surface area contributed by atoms with Gasteiger partial charge in [0.2, 0.25) is 5.91 Å². The standard InChI is InChI=1S/C15H15ClFN5O3/c16-11-7-10(17)1-2-13(11)20-3-5-21(6-4-20)14(23)9-22-8-12(15(24)25)18-19-22/h1-2,7-8H,3-6,9H2,(H,24,25). The number of carbonyl (C=O) groups excluding carboxylic acids is 1. The summed E-state index contributed by atoms with van der Waals surface area (Å²) in [6.45, 7) is 2.02. The van der Waals surface area contributed by atoms with E-state index >= 15 is 0 Å². The highest BCUT2D eigenvalue weighted by atomic mass is 35.5. The van der Waals surface area contributed by atoms with E-state index in [1.165, 1.54) is 23.0 Å². The lowest BCUT2D eigenvalue weighted by atomic mass is 10.2. The molecule has 25 heavy (non-hydrogen) atoms. The second-order valence-corrected chi connectivity index (χ2v) is 5.98. The molecule has 0 bridgehead atoms. The molecule has 1 saturated heterocycles. The van der Waals surface area contributed by atoms with E-state index < -0.39 is 11.8 Å². The van der Waals surface area contributed by atoms with Crippen LogP contribution in [0.5, 0.6) is 0 Å². The van der Waals surface area contributed by atoms with Gasteiger partial charge < -0.3 is 14.9 Å². The van der Waals surface area contributed by atoms with Crippen LogP contribution in [0.4, 0.5) is 10.1 Å². The third-order valence-electron chi connectivity index (χ3n) is 3.94. The average Bonchev–Trinajstić information content (AvgIpc) is 3.04. The van der Waals surface area contributed by atoms with Crippen molar-refractivity contribution >= 4 is 29.2 Å². The number of hydrogen-bond donors (Lipinski definition) is 1. The average molecular weight is 368 g/mol. The van der Waals surface area contributed by atoms with Gasteiger partial charge in [-0.3, -0.25) is 4.79 Å². The summed E-state index contributed by atoms with van der Waals surface area (Å²) < 4.78 is 14.3. The van der Waals surface area contributed by atoms with Gasteiger partial charge >= 0.3 is 5.97 Å². The van der Waals surface area contributed by atoms with E-state index in [1.54, 1.807) is 11.0 Å². The number of carboxylic acid groups (broad SMARTS) is 1. The Morgan fingerprint density at radius 1 is 1.24 bits per heavy atom. The van der Waals surface area contributed by atoms with Crippen molar-refractivity contribution in [1.82, 2.24) is 19.9 Å². The number of amides is 1. The van der Waals surface area contributed by atoms with Crippen LogP contribution >= 0.6 is 11.6 Å². The molecule has 1 aliphatic rings. The van der Waals surface area contributed by atoms with Gasteiger partial charge in [-0.15, -0.1) is 5.10 Å². The van der Waals surface area contributed by atoms with Gasteiger partial charge in [0.1, 0.15) is 12.4 Å². The van der Waals surface area contributed by atoms with Gasteiger partial charge in [0.15, 0.2) is 5.69 Å². The molecule has 132 valence electrons. The molecule has 0 aliphatic carbocycles. The second kappa shape index (κ2) is 7.06. The number of anilines is 1. The van der Waals surface area contributed by atoms with Gasteiger partial charge in [0.25, 0.3) is 0 Å². The number of aromatic carboxylic acids is 1. The summed E-state index contributed by atoms with van der Waals surface area (Å²) in [7, 11) is 0. The van der Waals surface area contributed by atoms with Gasteiger partial charge in [-0.1, -0.05) is 16.8 Å². The minimum absolute atomic E-state index is 0.0718. The Hall–Kier alpha value is -2.68. The third kappa shape index (κ3) is 3.87. The molecule has 1 fully saturated rings. The quantitative estimate of drug-likeness (QED) is 0.870. The molecular weight excluding hydrogens is 353 g/mol. The van der Waals surface area contributed by atoms with Gasteiger partial charge in [-0.25, -0.2) is 13.9 Å². The van der Waals surface area contributed by atoms with Crippen LogP contribution in [0.15, 0.2) is 24.4 Å². The van der Waals surface area contributed by atoms with Crippen LogP contribution in [0.2, 0.25) is 5.02 Å². The largest absolute Gasteiger partial charge is 0.476 e. The van der Waals surface area contributed by atoms with Gasteiger partial charge in [0, 0.05) is 26.2 Å². The fourth-order valence-electron chi connectivity index (χ4n) is 2.65. The molecule has 0 saturated carbocycles. The number of aromatic nitrogens is 3. The van der Waals surface area contributed by atoms with Crippen molar-refractivity contribution in [3.8, 4) is 0 Å². The molecule has 3 rings (SSSR count). The number of carbonyl (C=O) groups is 2. The van der Waals surface area contributed by atoms with Crippen LogP contribution < -0.4 is 4.90 Å². The highest BCUT2D eigenvalue weighted by Gasteiger charge is 2.23. The molecule has 8 nitrogen and oxygen atoms in total. The monoisotopic (exact) mass is 367 g/mol. The molecule has 1 aliphatic heterocycles. The number of hydrogen-bond acceptors (Lipinski definition) is 5. The number of benzene rings is 1. The molecular formula is C15H15ClFN5O3. The lowest BCUT2D eigenvalue weighted by Gasteiger charge is -2.36. The highest BCUT2D eigenvalue weighted by molar-refractivity contribution is 6.33. The normalized spacial score (nSPS) is 14.6. The summed E-state index contributed by atoms with van der Waals surface area (Å²) in [6, 6.07) is 4.24. The van der Waals surface area contributed by atoms with Crippen LogP contribution in [0.3, 0.4) is 0 Å². The van der Waals surface area contributed by atoms with E-state index in [0.29, 0.717) is 31.2 Å². The maximum Gasteiger partial charge on any atom is 0.358 e. The Morgan fingerprint density at radius 2 is 1.96 bits per heavy atom. The number of carboxylic acids is 1. The third-order valence-corrected chi connectivity index (χ3v) is 4.24. The van der Waals surface area contributed by atoms with Crippen LogP contribution in [-0.4, -0.2) is 63.1 Å². The molecule has 0 radical (unpaired) electrons. The lowest BCUT2D eigenvalue weighted by Crippen LogP contribution is -2.49. The topological polar surface area (TPSA) is 91.6 Å². The number of halogens is 2. The SMILES string of the molecule is O=C(O)c1cn(CC(=O)N2CCN(c3ccc(F)cc3Cl)CC2)nn1. The summed E-state index contributed by atoms with van der Waals surface area (Å²) in [5.41, 5.74) is 0.529. The molecule has 0 atom stereocenters. The van der Waals surface area contributed by atoms with Crippen molar-refractivity contribution < 1.29 is 19.1 Å². The first-order chi connectivity index (χ1) is 11.9. The number of piperazine rings is 1. The summed E-state index contributed by atoms with van der Waals surface area (Å²) in [6.07, 6.45) is 1.22. The van der Waals surface area contributed by atoms with Crippen molar-refractivity contribution in [2.45, 2.75) is 6.54 Å². The first kappa shape index (κ1) is 17.2. The first-order valence-corrected chi connectivity index (χ1v) is 7.93. The fraction of sp³-hybridized carbons (Fsp3) is 0.333. The molecule has 10 heteroatoms. The second-order valence-electron chi connectivity index (χ2n) is 5.57. The molecule has 0 unspecified atom stereocenters. The van der Waals surface area contributed by atoms with Crippen molar-refractivity contribution in [2.24, 2.45) is 0 Å². The van der Waals surface area contributed by atoms with E-state index in [9.17, 15) is 14.0 Å². The zero-order valence-electron chi connectivity index (χ0n) is 13.1. The summed E-state index contributed by atoms with van der Waals surface area (Å²) >= 11 is 6.07. The Labute approximate surface area is 147 Å². The van der Waals surface area contributed by atoms with Gasteiger partial charge in [-0.2, -0.15) is 0 Å². The first-order valence-electron chi connectivity index (χ1n) is 7.55. The molecule has 2 aromatic rings. The minimum atomic E-state index is -1.19. The lowest BCUT2D eigenvalue weighted by molar-refractivity contribution is -0.132. The maximum absolute atomic E-state index is 13.1. The predicted molar refractivity (Wildman–Crippen MR) is 87.2 cm³/mol. The van der Waals surface area contributed by atoms with Crippen molar-refractivity contribution in [3.63, 3.8) is 0 Å². The van der Waals surface area contributed by atoms with E-state index in [2.05, 4.69) is 10.3 Å². The van der Waals surface area contributed by atoms with Crippen LogP contribution in [0.25, 0.3) is 0 Å². The van der Waals surface area contributed by atoms with E-state index in [4.69, 9.17) is 16.7 Å². The zero-order valence-corrected chi connectivity index (χ0v) is 13.9. The Morgan fingerprint density at radius 3 is 2.56 bits per heavy atom. The Bertz CT molecular complexity index is 804. The van der Waals surface area contributed by atoms with Crippen molar-refractivity contribution in [3.05, 3.63) is 40.9 Å². The summed E-state index contributed by atoms with van der Waals surface area (Å²) in [5, 5.41) is 16.2. The van der Waals surface area contributed by atoms with E-state index in [1.807, 2.05) is 4.90 Å². The van der Waals surface area contributed by atoms with Crippen LogP contribution in [0, 0.1) is 5.82 Å². The van der Waals surface area contributed by atoms with Crippen molar-refractivity contribution in [2.75, 3.05) is 31.1 Å². The predicted octanol–water partition coefficient (Wildman–Crippen LogP) is 1.12. The van der Waals surface area contributed by atoms with Crippen molar-refractivity contribution in [1.29, 1.82) is 0 Å². The van der Waals surface area contributed by atoms with Crippen LogP contribution in [-0.2, 0) is 11.3 Å². The molecule has 0 spiro atoms. The van der Waals surface area contributed by atoms with E-state index in [-0.39, 0.29) is 18.1 Å². The zero-order chi connectivity index (χ0) is 18.0. The molecule has 2 heterocycles. The number of rotatable bonds is 4. The molecule has 1 N–H and O–H groups in total. The Balaban J connectivity index is 1.57. The fourth-order valence-corrected chi connectivity index (χ4v) is 2.93. The smallest absolute Gasteiger partial charge is 0.358 e. The number of nitrogens with zero attached hydrogens (tertiary/aromatic N) is 5.